The fourth-order valence-corrected chi connectivity index (χ4v) is 8.02. The van der Waals surface area contributed by atoms with E-state index >= 15 is 0 Å². The fraction of sp³-hybridized carbons (Fsp3) is 0.634. The molecule has 0 aliphatic carbocycles. The first-order valence-corrected chi connectivity index (χ1v) is 20.5. The van der Waals surface area contributed by atoms with Gasteiger partial charge in [0.15, 0.2) is 5.82 Å². The Hall–Kier alpha value is -3.70. The number of benzene rings is 1. The zero-order valence-corrected chi connectivity index (χ0v) is 35.6. The second-order valence-electron chi connectivity index (χ2n) is 16.2. The molecule has 0 bridgehead atoms. The van der Waals surface area contributed by atoms with E-state index in [2.05, 4.69) is 67.9 Å². The van der Waals surface area contributed by atoms with Gasteiger partial charge in [-0.25, -0.2) is 24.7 Å². The number of fused-ring (bicyclic) bond motifs is 2. The minimum Gasteiger partial charge on any atom is -0.383 e. The van der Waals surface area contributed by atoms with Gasteiger partial charge >= 0.3 is 6.03 Å². The zero-order chi connectivity index (χ0) is 40.6. The second kappa shape index (κ2) is 19.4. The van der Waals surface area contributed by atoms with Crippen LogP contribution in [0.1, 0.15) is 57.1 Å². The van der Waals surface area contributed by atoms with Crippen LogP contribution in [0.25, 0.3) is 11.4 Å². The van der Waals surface area contributed by atoms with Gasteiger partial charge in [0.1, 0.15) is 11.6 Å². The van der Waals surface area contributed by atoms with Crippen LogP contribution in [-0.4, -0.2) is 147 Å². The number of carbonyl (C=O) groups excluding carboxylic acids is 1. The summed E-state index contributed by atoms with van der Waals surface area (Å²) in [5, 5.41) is 5.91. The van der Waals surface area contributed by atoms with Crippen molar-refractivity contribution in [3.05, 3.63) is 52.1 Å². The van der Waals surface area contributed by atoms with Gasteiger partial charge in [-0.05, 0) is 83.3 Å². The number of nitrogens with one attached hydrogen (secondary N) is 2. The Labute approximate surface area is 342 Å². The van der Waals surface area contributed by atoms with Crippen molar-refractivity contribution in [2.75, 3.05) is 115 Å². The number of carbonyl (C=O) groups is 1. The summed E-state index contributed by atoms with van der Waals surface area (Å²) < 4.78 is 21.9. The topological polar surface area (TPSA) is 143 Å². The lowest BCUT2D eigenvalue weighted by atomic mass is 9.98. The smallest absolute Gasteiger partial charge is 0.319 e. The van der Waals surface area contributed by atoms with E-state index in [-0.39, 0.29) is 17.1 Å². The van der Waals surface area contributed by atoms with Crippen molar-refractivity contribution >= 4 is 35.0 Å². The van der Waals surface area contributed by atoms with E-state index in [1.807, 2.05) is 31.2 Å². The van der Waals surface area contributed by atoms with Gasteiger partial charge < -0.3 is 39.4 Å². The minimum atomic E-state index is -0.215. The Balaban J connectivity index is 0.000000208. The molecule has 4 aliphatic heterocycles. The first-order valence-electron chi connectivity index (χ1n) is 20.2. The first-order chi connectivity index (χ1) is 27.4. The summed E-state index contributed by atoms with van der Waals surface area (Å²) in [6.07, 6.45) is 1.86. The monoisotopic (exact) mass is 808 g/mol. The number of anilines is 3. The van der Waals surface area contributed by atoms with Crippen molar-refractivity contribution in [3.63, 3.8) is 0 Å². The third kappa shape index (κ3) is 10.7. The predicted octanol–water partition coefficient (Wildman–Crippen LogP) is 4.65. The molecule has 4 aliphatic rings. The van der Waals surface area contributed by atoms with Gasteiger partial charge in [0.25, 0.3) is 0 Å². The molecule has 312 valence electrons. The van der Waals surface area contributed by atoms with Crippen LogP contribution in [0.3, 0.4) is 0 Å². The molecule has 0 saturated carbocycles. The third-order valence-electron chi connectivity index (χ3n) is 11.0. The number of morpholine rings is 2. The average Bonchev–Trinajstić information content (AvgIpc) is 3.18. The van der Waals surface area contributed by atoms with E-state index in [1.165, 1.54) is 11.1 Å². The lowest BCUT2D eigenvalue weighted by Crippen LogP contribution is -2.54. The number of amides is 2. The molecule has 3 aromatic rings. The van der Waals surface area contributed by atoms with Gasteiger partial charge in [0.2, 0.25) is 5.28 Å². The Morgan fingerprint density at radius 2 is 1.30 bits per heavy atom. The number of methoxy groups -OCH3 is 2. The van der Waals surface area contributed by atoms with E-state index < -0.39 is 0 Å². The molecule has 1 aromatic carbocycles. The normalized spacial score (nSPS) is 19.2. The van der Waals surface area contributed by atoms with Crippen LogP contribution in [0.4, 0.5) is 22.1 Å². The van der Waals surface area contributed by atoms with E-state index in [1.54, 1.807) is 14.2 Å². The summed E-state index contributed by atoms with van der Waals surface area (Å²) in [5.74, 6) is 2.71. The lowest BCUT2D eigenvalue weighted by Gasteiger charge is -2.44. The molecule has 0 radical (unpaired) electrons. The van der Waals surface area contributed by atoms with Gasteiger partial charge in [0, 0.05) is 95.5 Å². The largest absolute Gasteiger partial charge is 0.383 e. The second-order valence-corrected chi connectivity index (χ2v) is 16.5. The Morgan fingerprint density at radius 1 is 0.772 bits per heavy atom. The van der Waals surface area contributed by atoms with Crippen LogP contribution < -0.4 is 20.4 Å². The van der Waals surface area contributed by atoms with Crippen molar-refractivity contribution in [1.29, 1.82) is 0 Å². The number of nitrogens with zero attached hydrogens (tertiary/aromatic N) is 8. The maximum absolute atomic E-state index is 11.8. The number of hydrogen-bond donors (Lipinski definition) is 2. The van der Waals surface area contributed by atoms with Crippen LogP contribution in [-0.2, 0) is 44.9 Å². The van der Waals surface area contributed by atoms with E-state index in [9.17, 15) is 4.79 Å². The molecule has 2 fully saturated rings. The Kier molecular flexibility index (Phi) is 14.6. The van der Waals surface area contributed by atoms with Crippen molar-refractivity contribution in [1.82, 2.24) is 35.1 Å². The van der Waals surface area contributed by atoms with E-state index in [4.69, 9.17) is 40.5 Å². The molecule has 7 rings (SSSR count). The molecule has 0 unspecified atom stereocenters. The molecular formula is C41H61ClN10O5. The summed E-state index contributed by atoms with van der Waals surface area (Å²) in [6.45, 7) is 22.4. The summed E-state index contributed by atoms with van der Waals surface area (Å²) >= 11 is 6.22. The van der Waals surface area contributed by atoms with Gasteiger partial charge in [0.05, 0.1) is 62.1 Å². The van der Waals surface area contributed by atoms with Crippen molar-refractivity contribution in [3.8, 4) is 11.4 Å². The van der Waals surface area contributed by atoms with Crippen molar-refractivity contribution in [2.45, 2.75) is 71.6 Å². The van der Waals surface area contributed by atoms with Gasteiger partial charge in [-0.1, -0.05) is 0 Å². The number of aromatic nitrogens is 4. The minimum absolute atomic E-state index is 0.0864. The number of rotatable bonds is 11. The van der Waals surface area contributed by atoms with Crippen LogP contribution in [0.2, 0.25) is 5.28 Å². The highest BCUT2D eigenvalue weighted by molar-refractivity contribution is 6.28. The van der Waals surface area contributed by atoms with E-state index in [0.29, 0.717) is 44.1 Å². The molecule has 57 heavy (non-hydrogen) atoms. The third-order valence-corrected chi connectivity index (χ3v) is 11.1. The highest BCUT2D eigenvalue weighted by Gasteiger charge is 2.37. The Morgan fingerprint density at radius 3 is 1.81 bits per heavy atom. The SMILES string of the molecule is CCNC(=O)Nc1ccc(-c2nc3c(c(N4CCOCC4(C)C)n2)CCN(CCOC)C3)cc1.COCCN1CCc2c(nc(Cl)nc2N2CCOCC2(C)C)C1. The molecule has 6 heterocycles. The van der Waals surface area contributed by atoms with Crippen molar-refractivity contribution in [2.24, 2.45) is 0 Å². The maximum atomic E-state index is 11.8. The highest BCUT2D eigenvalue weighted by Crippen LogP contribution is 2.35. The van der Waals surface area contributed by atoms with Crippen LogP contribution in [0.15, 0.2) is 24.3 Å². The summed E-state index contributed by atoms with van der Waals surface area (Å²) in [4.78, 5) is 40.5. The fourth-order valence-electron chi connectivity index (χ4n) is 7.84. The molecule has 16 heteroatoms. The van der Waals surface area contributed by atoms with Crippen LogP contribution in [0, 0.1) is 0 Å². The molecule has 2 amide bonds. The molecule has 0 atom stereocenters. The molecule has 0 spiro atoms. The number of urea groups is 1. The van der Waals surface area contributed by atoms with Gasteiger partial charge in [-0.2, -0.15) is 0 Å². The molecule has 2 saturated heterocycles. The summed E-state index contributed by atoms with van der Waals surface area (Å²) in [5.41, 5.74) is 6.01. The lowest BCUT2D eigenvalue weighted by molar-refractivity contribution is 0.0636. The molecule has 15 nitrogen and oxygen atoms in total. The van der Waals surface area contributed by atoms with Gasteiger partial charge in [-0.3, -0.25) is 9.80 Å². The van der Waals surface area contributed by atoms with Gasteiger partial charge in [-0.15, -0.1) is 0 Å². The summed E-state index contributed by atoms with van der Waals surface area (Å²) in [7, 11) is 3.47. The van der Waals surface area contributed by atoms with Crippen molar-refractivity contribution < 1.29 is 23.7 Å². The number of hydrogen-bond acceptors (Lipinski definition) is 13. The van der Waals surface area contributed by atoms with Crippen LogP contribution in [0.5, 0.6) is 0 Å². The zero-order valence-electron chi connectivity index (χ0n) is 34.8. The van der Waals surface area contributed by atoms with Crippen LogP contribution >= 0.6 is 11.6 Å². The predicted molar refractivity (Wildman–Crippen MR) is 223 cm³/mol. The summed E-state index contributed by atoms with van der Waals surface area (Å²) in [6, 6.07) is 7.48. The molecule has 2 N–H and O–H groups in total. The quantitative estimate of drug-likeness (QED) is 0.260. The molecule has 2 aromatic heterocycles. The number of ether oxygens (including phenoxy) is 4. The average molecular weight is 809 g/mol. The van der Waals surface area contributed by atoms with E-state index in [0.717, 1.165) is 113 Å². The number of halogens is 1. The first kappa shape index (κ1) is 42.9. The molecular weight excluding hydrogens is 748 g/mol. The Bertz CT molecular complexity index is 1810. The standard InChI is InChI=1S/C25H36N6O3.C16H25ClN4O2/c1-5-26-24(32)27-19-8-6-18(7-9-19)22-28-21-16-30(12-14-33-4)11-10-20(21)23(29-22)31-13-15-34-17-25(31,2)3;1-16(2)11-23-9-7-21(16)14-12-4-5-20(6-8-22-3)10-13(12)18-15(17)19-14/h6-9H,5,10-17H2,1-4H3,(H2,26,27,32);4-11H2,1-3H3. The maximum Gasteiger partial charge on any atom is 0.319 e. The highest BCUT2D eigenvalue weighted by atomic mass is 35.5.